The maximum atomic E-state index is 13.1. The number of para-hydroxylation sites is 1. The highest BCUT2D eigenvalue weighted by Crippen LogP contribution is 2.48. The van der Waals surface area contributed by atoms with E-state index in [9.17, 15) is 9.59 Å². The molecule has 1 saturated carbocycles. The second-order valence-corrected chi connectivity index (χ2v) is 8.06. The highest BCUT2D eigenvalue weighted by atomic mass is 16.2. The lowest BCUT2D eigenvalue weighted by molar-refractivity contribution is -0.141. The van der Waals surface area contributed by atoms with Gasteiger partial charge in [0.2, 0.25) is 11.8 Å². The van der Waals surface area contributed by atoms with Crippen molar-refractivity contribution >= 4 is 17.5 Å². The Morgan fingerprint density at radius 2 is 1.86 bits per heavy atom. The first-order valence-electron chi connectivity index (χ1n) is 9.90. The predicted molar refractivity (Wildman–Crippen MR) is 111 cm³/mol. The van der Waals surface area contributed by atoms with E-state index in [1.165, 1.54) is 0 Å². The summed E-state index contributed by atoms with van der Waals surface area (Å²) in [5, 5.41) is 3.08. The average molecular weight is 380 g/mol. The van der Waals surface area contributed by atoms with Gasteiger partial charge in [0, 0.05) is 31.7 Å². The van der Waals surface area contributed by atoms with Crippen molar-refractivity contribution in [2.75, 3.05) is 18.9 Å². The van der Waals surface area contributed by atoms with Crippen molar-refractivity contribution in [3.8, 4) is 0 Å². The molecule has 0 unspecified atom stereocenters. The van der Waals surface area contributed by atoms with Crippen LogP contribution in [0.2, 0.25) is 0 Å². The van der Waals surface area contributed by atoms with Crippen LogP contribution in [0.3, 0.4) is 0 Å². The summed E-state index contributed by atoms with van der Waals surface area (Å²) >= 11 is 0. The Kier molecular flexibility index (Phi) is 5.82. The summed E-state index contributed by atoms with van der Waals surface area (Å²) in [5.74, 6) is 0.0345. The van der Waals surface area contributed by atoms with Crippen LogP contribution in [0.25, 0.3) is 0 Å². The Balaban J connectivity index is 1.69. The third kappa shape index (κ3) is 4.08. The van der Waals surface area contributed by atoms with E-state index in [0.717, 1.165) is 28.8 Å². The summed E-state index contributed by atoms with van der Waals surface area (Å²) in [7, 11) is 1.78. The van der Waals surface area contributed by atoms with Crippen molar-refractivity contribution in [1.29, 1.82) is 0 Å². The Bertz CT molecular complexity index is 857. The van der Waals surface area contributed by atoms with Gasteiger partial charge in [-0.15, -0.1) is 0 Å². The number of benzene rings is 1. The van der Waals surface area contributed by atoms with E-state index in [1.54, 1.807) is 24.3 Å². The molecule has 148 valence electrons. The SMILES string of the molecule is Cc1cccc(C(C)C)c1NC(=O)C1(C(=O)N(C)CCc2ccncc2)CC1. The Labute approximate surface area is 167 Å². The average Bonchev–Trinajstić information content (AvgIpc) is 3.49. The van der Waals surface area contributed by atoms with E-state index in [0.29, 0.717) is 25.3 Å². The number of aryl methyl sites for hydroxylation is 1. The zero-order chi connectivity index (χ0) is 20.3. The van der Waals surface area contributed by atoms with Gasteiger partial charge in [0.25, 0.3) is 0 Å². The van der Waals surface area contributed by atoms with Crippen LogP contribution < -0.4 is 5.32 Å². The van der Waals surface area contributed by atoms with Gasteiger partial charge >= 0.3 is 0 Å². The van der Waals surface area contributed by atoms with Crippen LogP contribution in [0.1, 0.15) is 49.3 Å². The number of anilines is 1. The number of carbonyl (C=O) groups excluding carboxylic acids is 2. The van der Waals surface area contributed by atoms with Gasteiger partial charge in [-0.05, 0) is 60.9 Å². The molecular weight excluding hydrogens is 350 g/mol. The van der Waals surface area contributed by atoms with E-state index in [1.807, 2.05) is 37.3 Å². The molecule has 0 spiro atoms. The van der Waals surface area contributed by atoms with Gasteiger partial charge in [0.05, 0.1) is 0 Å². The molecule has 1 aromatic carbocycles. The van der Waals surface area contributed by atoms with Gasteiger partial charge in [-0.1, -0.05) is 32.0 Å². The minimum atomic E-state index is -0.913. The van der Waals surface area contributed by atoms with Crippen LogP contribution in [0.15, 0.2) is 42.7 Å². The molecule has 1 N–H and O–H groups in total. The predicted octanol–water partition coefficient (Wildman–Crippen LogP) is 3.93. The number of likely N-dealkylation sites (N-methyl/N-ethyl adjacent to an activating group) is 1. The van der Waals surface area contributed by atoms with E-state index in [4.69, 9.17) is 0 Å². The molecule has 3 rings (SSSR count). The van der Waals surface area contributed by atoms with Crippen molar-refractivity contribution < 1.29 is 9.59 Å². The summed E-state index contributed by atoms with van der Waals surface area (Å²) in [6, 6.07) is 9.93. The maximum Gasteiger partial charge on any atom is 0.240 e. The summed E-state index contributed by atoms with van der Waals surface area (Å²) in [6.45, 7) is 6.79. The molecule has 2 aromatic rings. The summed E-state index contributed by atoms with van der Waals surface area (Å²) in [4.78, 5) is 31.8. The number of pyridine rings is 1. The van der Waals surface area contributed by atoms with E-state index in [2.05, 4.69) is 24.1 Å². The lowest BCUT2D eigenvalue weighted by Gasteiger charge is -2.24. The fraction of sp³-hybridized carbons (Fsp3) is 0.435. The quantitative estimate of drug-likeness (QED) is 0.742. The number of carbonyl (C=O) groups is 2. The molecule has 0 aliphatic heterocycles. The minimum Gasteiger partial charge on any atom is -0.344 e. The standard InChI is InChI=1S/C23H29N3O2/c1-16(2)19-7-5-6-17(3)20(19)25-21(27)23(11-12-23)22(28)26(4)15-10-18-8-13-24-14-9-18/h5-9,13-14,16H,10-12,15H2,1-4H3,(H,25,27). The fourth-order valence-corrected chi connectivity index (χ4v) is 3.55. The van der Waals surface area contributed by atoms with Crippen molar-refractivity contribution in [3.05, 3.63) is 59.4 Å². The molecule has 1 aliphatic carbocycles. The third-order valence-electron chi connectivity index (χ3n) is 5.59. The Morgan fingerprint density at radius 1 is 1.18 bits per heavy atom. The van der Waals surface area contributed by atoms with Crippen molar-refractivity contribution in [3.63, 3.8) is 0 Å². The Hall–Kier alpha value is -2.69. The molecule has 1 fully saturated rings. The van der Waals surface area contributed by atoms with Crippen molar-refractivity contribution in [2.24, 2.45) is 5.41 Å². The number of amides is 2. The van der Waals surface area contributed by atoms with Crippen LogP contribution in [0.4, 0.5) is 5.69 Å². The van der Waals surface area contributed by atoms with Gasteiger partial charge in [-0.2, -0.15) is 0 Å². The lowest BCUT2D eigenvalue weighted by atomic mass is 9.97. The number of aromatic nitrogens is 1. The highest BCUT2D eigenvalue weighted by Gasteiger charge is 2.57. The maximum absolute atomic E-state index is 13.1. The molecule has 2 amide bonds. The molecule has 0 saturated heterocycles. The second-order valence-electron chi connectivity index (χ2n) is 8.06. The van der Waals surface area contributed by atoms with E-state index in [-0.39, 0.29) is 11.8 Å². The molecule has 5 heteroatoms. The fourth-order valence-electron chi connectivity index (χ4n) is 3.55. The second kappa shape index (κ2) is 8.13. The van der Waals surface area contributed by atoms with E-state index >= 15 is 0 Å². The lowest BCUT2D eigenvalue weighted by Crippen LogP contribution is -2.42. The minimum absolute atomic E-state index is 0.0845. The molecule has 0 atom stereocenters. The van der Waals surface area contributed by atoms with Gasteiger partial charge in [0.1, 0.15) is 5.41 Å². The molecule has 0 bridgehead atoms. The molecular formula is C23H29N3O2. The topological polar surface area (TPSA) is 62.3 Å². The van der Waals surface area contributed by atoms with Gasteiger partial charge in [-0.25, -0.2) is 0 Å². The first kappa shape index (κ1) is 20.1. The third-order valence-corrected chi connectivity index (χ3v) is 5.59. The first-order valence-corrected chi connectivity index (χ1v) is 9.90. The number of rotatable bonds is 7. The normalized spacial score (nSPS) is 14.6. The summed E-state index contributed by atoms with van der Waals surface area (Å²) < 4.78 is 0. The van der Waals surface area contributed by atoms with Crippen molar-refractivity contribution in [2.45, 2.75) is 46.0 Å². The number of hydrogen-bond donors (Lipinski definition) is 1. The zero-order valence-electron chi connectivity index (χ0n) is 17.2. The van der Waals surface area contributed by atoms with Crippen LogP contribution >= 0.6 is 0 Å². The molecule has 5 nitrogen and oxygen atoms in total. The highest BCUT2D eigenvalue weighted by molar-refractivity contribution is 6.13. The Morgan fingerprint density at radius 3 is 2.46 bits per heavy atom. The molecule has 1 aromatic heterocycles. The molecule has 28 heavy (non-hydrogen) atoms. The number of nitrogens with one attached hydrogen (secondary N) is 1. The van der Waals surface area contributed by atoms with Crippen molar-refractivity contribution in [1.82, 2.24) is 9.88 Å². The molecule has 0 radical (unpaired) electrons. The van der Waals surface area contributed by atoms with Gasteiger partial charge in [0.15, 0.2) is 0 Å². The first-order chi connectivity index (χ1) is 13.3. The van der Waals surface area contributed by atoms with Crippen LogP contribution in [-0.2, 0) is 16.0 Å². The number of nitrogens with zero attached hydrogens (tertiary/aromatic N) is 2. The number of hydrogen-bond acceptors (Lipinski definition) is 3. The monoisotopic (exact) mass is 379 g/mol. The molecule has 1 heterocycles. The van der Waals surface area contributed by atoms with Crippen LogP contribution in [0.5, 0.6) is 0 Å². The summed E-state index contributed by atoms with van der Waals surface area (Å²) in [5.41, 5.74) is 3.19. The summed E-state index contributed by atoms with van der Waals surface area (Å²) in [6.07, 6.45) is 5.47. The van der Waals surface area contributed by atoms with Crippen LogP contribution in [0, 0.1) is 12.3 Å². The largest absolute Gasteiger partial charge is 0.344 e. The van der Waals surface area contributed by atoms with Crippen LogP contribution in [-0.4, -0.2) is 35.3 Å². The van der Waals surface area contributed by atoms with E-state index < -0.39 is 5.41 Å². The zero-order valence-corrected chi connectivity index (χ0v) is 17.2. The molecule has 1 aliphatic rings. The smallest absolute Gasteiger partial charge is 0.240 e. The van der Waals surface area contributed by atoms with Gasteiger partial charge in [-0.3, -0.25) is 14.6 Å². The van der Waals surface area contributed by atoms with Gasteiger partial charge < -0.3 is 10.2 Å².